The Labute approximate surface area is 184 Å². The van der Waals surface area contributed by atoms with Gasteiger partial charge in [-0.2, -0.15) is 43.9 Å². The first-order valence-corrected chi connectivity index (χ1v) is 9.58. The van der Waals surface area contributed by atoms with E-state index >= 15 is 0 Å². The van der Waals surface area contributed by atoms with Crippen LogP contribution in [-0.2, 0) is 14.2 Å². The van der Waals surface area contributed by atoms with E-state index in [-0.39, 0.29) is 26.1 Å². The van der Waals surface area contributed by atoms with Gasteiger partial charge in [-0.1, -0.05) is 13.8 Å². The van der Waals surface area contributed by atoms with E-state index < -0.39 is 74.7 Å². The van der Waals surface area contributed by atoms with Crippen molar-refractivity contribution in [1.82, 2.24) is 0 Å². The van der Waals surface area contributed by atoms with Crippen LogP contribution in [0.25, 0.3) is 0 Å². The number of rotatable bonds is 16. The zero-order valence-corrected chi connectivity index (χ0v) is 18.0. The molecule has 0 saturated carbocycles. The standard InChI is InChI=1S/C18H28F10O5/c1-13(6-29,8-32-11-15(19,20)17(23,24)25)4-3-5-31-9-14(2,7-30)10-33-12-16(21,22)18(26,27)28/h29-30H,3-12H2,1-2H3. The molecule has 0 radical (unpaired) electrons. The lowest BCUT2D eigenvalue weighted by molar-refractivity contribution is -0.298. The maximum absolute atomic E-state index is 12.9. The van der Waals surface area contributed by atoms with Crippen LogP contribution in [-0.4, -0.2) is 87.3 Å². The molecule has 200 valence electrons. The second-order valence-electron chi connectivity index (χ2n) is 8.48. The van der Waals surface area contributed by atoms with Crippen molar-refractivity contribution in [3.8, 4) is 0 Å². The van der Waals surface area contributed by atoms with Crippen LogP contribution in [0, 0.1) is 10.8 Å². The molecule has 0 amide bonds. The SMILES string of the molecule is CC(CO)(CCCOCC(C)(CO)COCC(F)(F)C(F)(F)F)COCC(F)(F)C(F)(F)F. The summed E-state index contributed by atoms with van der Waals surface area (Å²) in [7, 11) is 0. The Bertz CT molecular complexity index is 522. The molecule has 0 aliphatic carbocycles. The zero-order valence-electron chi connectivity index (χ0n) is 18.0. The molecule has 0 heterocycles. The molecule has 2 unspecified atom stereocenters. The van der Waals surface area contributed by atoms with Crippen LogP contribution in [0.4, 0.5) is 43.9 Å². The van der Waals surface area contributed by atoms with E-state index in [4.69, 9.17) is 4.74 Å². The third kappa shape index (κ3) is 10.9. The molecule has 0 aromatic rings. The van der Waals surface area contributed by atoms with E-state index in [0.29, 0.717) is 0 Å². The Morgan fingerprint density at radius 2 is 0.909 bits per heavy atom. The summed E-state index contributed by atoms with van der Waals surface area (Å²) in [6.07, 6.45) is -11.3. The predicted octanol–water partition coefficient (Wildman–Crippen LogP) is 4.21. The molecule has 0 saturated heterocycles. The molecule has 2 N–H and O–H groups in total. The molecular weight excluding hydrogens is 486 g/mol. The van der Waals surface area contributed by atoms with Crippen LogP contribution < -0.4 is 0 Å². The Hall–Kier alpha value is -0.900. The highest BCUT2D eigenvalue weighted by atomic mass is 19.4. The van der Waals surface area contributed by atoms with Gasteiger partial charge in [0, 0.05) is 17.4 Å². The molecule has 0 bridgehead atoms. The largest absolute Gasteiger partial charge is 0.455 e. The van der Waals surface area contributed by atoms with Gasteiger partial charge in [-0.05, 0) is 12.8 Å². The fourth-order valence-electron chi connectivity index (χ4n) is 2.26. The lowest BCUT2D eigenvalue weighted by Crippen LogP contribution is -2.42. The lowest BCUT2D eigenvalue weighted by Gasteiger charge is -2.30. The summed E-state index contributed by atoms with van der Waals surface area (Å²) in [5.74, 6) is -10.1. The van der Waals surface area contributed by atoms with Crippen LogP contribution in [0.15, 0.2) is 0 Å². The predicted molar refractivity (Wildman–Crippen MR) is 94.1 cm³/mol. The van der Waals surface area contributed by atoms with Crippen molar-refractivity contribution in [2.45, 2.75) is 50.9 Å². The van der Waals surface area contributed by atoms with E-state index in [1.807, 2.05) is 0 Å². The molecule has 0 rings (SSSR count). The van der Waals surface area contributed by atoms with Crippen LogP contribution in [0.2, 0.25) is 0 Å². The maximum atomic E-state index is 12.9. The molecule has 0 aliphatic rings. The Balaban J connectivity index is 4.43. The number of ether oxygens (including phenoxy) is 3. The number of alkyl halides is 10. The maximum Gasteiger partial charge on any atom is 0.455 e. The minimum atomic E-state index is -5.79. The van der Waals surface area contributed by atoms with Crippen LogP contribution in [0.1, 0.15) is 26.7 Å². The van der Waals surface area contributed by atoms with E-state index in [0.717, 1.165) is 0 Å². The van der Waals surface area contributed by atoms with Gasteiger partial charge in [0.25, 0.3) is 0 Å². The third-order valence-corrected chi connectivity index (χ3v) is 4.58. The molecule has 0 aliphatic heterocycles. The summed E-state index contributed by atoms with van der Waals surface area (Å²) in [5.41, 5.74) is -2.48. The molecule has 5 nitrogen and oxygen atoms in total. The molecule has 0 spiro atoms. The fourth-order valence-corrected chi connectivity index (χ4v) is 2.26. The Morgan fingerprint density at radius 1 is 0.545 bits per heavy atom. The molecule has 0 fully saturated rings. The third-order valence-electron chi connectivity index (χ3n) is 4.58. The van der Waals surface area contributed by atoms with Crippen molar-refractivity contribution in [3.05, 3.63) is 0 Å². The topological polar surface area (TPSA) is 68.2 Å². The second-order valence-corrected chi connectivity index (χ2v) is 8.48. The van der Waals surface area contributed by atoms with Gasteiger partial charge in [0.1, 0.15) is 13.2 Å². The van der Waals surface area contributed by atoms with E-state index in [9.17, 15) is 54.1 Å². The van der Waals surface area contributed by atoms with Gasteiger partial charge in [-0.3, -0.25) is 0 Å². The number of halogens is 10. The summed E-state index contributed by atoms with van der Waals surface area (Å²) in [4.78, 5) is 0. The fraction of sp³-hybridized carbons (Fsp3) is 1.00. The second kappa shape index (κ2) is 12.2. The summed E-state index contributed by atoms with van der Waals surface area (Å²) in [6, 6.07) is 0. The Morgan fingerprint density at radius 3 is 1.27 bits per heavy atom. The number of hydrogen-bond donors (Lipinski definition) is 2. The summed E-state index contributed by atoms with van der Waals surface area (Å²) >= 11 is 0. The average molecular weight is 514 g/mol. The van der Waals surface area contributed by atoms with Crippen LogP contribution in [0.3, 0.4) is 0 Å². The monoisotopic (exact) mass is 514 g/mol. The highest BCUT2D eigenvalue weighted by Crippen LogP contribution is 2.37. The molecule has 33 heavy (non-hydrogen) atoms. The van der Waals surface area contributed by atoms with Crippen molar-refractivity contribution >= 4 is 0 Å². The minimum absolute atomic E-state index is 0.0669. The minimum Gasteiger partial charge on any atom is -0.396 e. The number of hydrogen-bond acceptors (Lipinski definition) is 5. The van der Waals surface area contributed by atoms with Gasteiger partial charge < -0.3 is 24.4 Å². The van der Waals surface area contributed by atoms with Gasteiger partial charge in [0.05, 0.1) is 33.0 Å². The van der Waals surface area contributed by atoms with Gasteiger partial charge >= 0.3 is 24.2 Å². The average Bonchev–Trinajstić information content (AvgIpc) is 2.65. The van der Waals surface area contributed by atoms with Crippen molar-refractivity contribution < 1.29 is 68.3 Å². The molecule has 0 aromatic heterocycles. The number of aliphatic hydroxyl groups excluding tert-OH is 2. The molecule has 0 aromatic carbocycles. The first kappa shape index (κ1) is 32.1. The van der Waals surface area contributed by atoms with Crippen molar-refractivity contribution in [3.63, 3.8) is 0 Å². The highest BCUT2D eigenvalue weighted by molar-refractivity contribution is 4.79. The summed E-state index contributed by atoms with van der Waals surface area (Å²) in [5, 5.41) is 18.8. The van der Waals surface area contributed by atoms with Crippen molar-refractivity contribution in [2.75, 3.05) is 52.9 Å². The lowest BCUT2D eigenvalue weighted by atomic mass is 9.87. The quantitative estimate of drug-likeness (QED) is 0.239. The summed E-state index contributed by atoms with van der Waals surface area (Å²) in [6.45, 7) is -4.07. The van der Waals surface area contributed by atoms with Crippen LogP contribution >= 0.6 is 0 Å². The van der Waals surface area contributed by atoms with Crippen LogP contribution in [0.5, 0.6) is 0 Å². The van der Waals surface area contributed by atoms with Gasteiger partial charge in [-0.25, -0.2) is 0 Å². The molecule has 15 heteroatoms. The Kier molecular flexibility index (Phi) is 11.8. The van der Waals surface area contributed by atoms with Gasteiger partial charge in [0.15, 0.2) is 0 Å². The van der Waals surface area contributed by atoms with Gasteiger partial charge in [0.2, 0.25) is 0 Å². The number of aliphatic hydroxyl groups is 2. The smallest absolute Gasteiger partial charge is 0.396 e. The van der Waals surface area contributed by atoms with E-state index in [1.54, 1.807) is 0 Å². The zero-order chi connectivity index (χ0) is 26.2. The summed E-state index contributed by atoms with van der Waals surface area (Å²) < 4.78 is 138. The van der Waals surface area contributed by atoms with Gasteiger partial charge in [-0.15, -0.1) is 0 Å². The van der Waals surface area contributed by atoms with Crippen molar-refractivity contribution in [1.29, 1.82) is 0 Å². The normalized spacial score (nSPS) is 17.6. The van der Waals surface area contributed by atoms with E-state index in [1.165, 1.54) is 13.8 Å². The first-order chi connectivity index (χ1) is 14.7. The molecular formula is C18H28F10O5. The highest BCUT2D eigenvalue weighted by Gasteiger charge is 2.58. The van der Waals surface area contributed by atoms with E-state index in [2.05, 4.69) is 9.47 Å². The molecule has 2 atom stereocenters. The first-order valence-electron chi connectivity index (χ1n) is 9.58. The van der Waals surface area contributed by atoms with Crippen molar-refractivity contribution in [2.24, 2.45) is 10.8 Å².